The summed E-state index contributed by atoms with van der Waals surface area (Å²) >= 11 is 3.03. The van der Waals surface area contributed by atoms with Gasteiger partial charge in [0.25, 0.3) is 5.56 Å². The lowest BCUT2D eigenvalue weighted by atomic mass is 10.0. The third-order valence-corrected chi connectivity index (χ3v) is 5.81. The minimum absolute atomic E-state index is 0.0140. The number of methoxy groups -OCH3 is 1. The predicted molar refractivity (Wildman–Crippen MR) is 114 cm³/mol. The standard InChI is InChI=1S/C21H19N3O2S2/c1-13-4-7-16(8-5-13)28-12-15-10-14(6-9-18(15)26-2)19-17(11-22)20(25)24-21(23-19)27-3/h4-10H,12H2,1-3H3,(H,23,24,25). The van der Waals surface area contributed by atoms with E-state index in [1.807, 2.05) is 30.5 Å². The van der Waals surface area contributed by atoms with Crippen LogP contribution in [0.25, 0.3) is 11.3 Å². The van der Waals surface area contributed by atoms with Crippen molar-refractivity contribution in [2.24, 2.45) is 0 Å². The van der Waals surface area contributed by atoms with Crippen molar-refractivity contribution in [3.63, 3.8) is 0 Å². The zero-order valence-electron chi connectivity index (χ0n) is 15.8. The van der Waals surface area contributed by atoms with Crippen LogP contribution in [0.5, 0.6) is 5.75 Å². The third-order valence-electron chi connectivity index (χ3n) is 4.17. The highest BCUT2D eigenvalue weighted by molar-refractivity contribution is 7.98. The Morgan fingerprint density at radius 3 is 2.61 bits per heavy atom. The third kappa shape index (κ3) is 4.41. The van der Waals surface area contributed by atoms with Crippen LogP contribution in [0.3, 0.4) is 0 Å². The van der Waals surface area contributed by atoms with Crippen molar-refractivity contribution in [2.75, 3.05) is 13.4 Å². The Morgan fingerprint density at radius 1 is 1.21 bits per heavy atom. The van der Waals surface area contributed by atoms with Gasteiger partial charge >= 0.3 is 0 Å². The van der Waals surface area contributed by atoms with Crippen molar-refractivity contribution < 1.29 is 4.74 Å². The number of rotatable bonds is 6. The Bertz CT molecular complexity index is 1090. The van der Waals surface area contributed by atoms with E-state index in [0.717, 1.165) is 21.8 Å². The van der Waals surface area contributed by atoms with E-state index < -0.39 is 5.56 Å². The fourth-order valence-electron chi connectivity index (χ4n) is 2.70. The van der Waals surface area contributed by atoms with Gasteiger partial charge in [-0.2, -0.15) is 5.26 Å². The zero-order valence-corrected chi connectivity index (χ0v) is 17.4. The number of hydrogen-bond donors (Lipinski definition) is 1. The van der Waals surface area contributed by atoms with E-state index in [9.17, 15) is 10.1 Å². The van der Waals surface area contributed by atoms with Gasteiger partial charge in [0.05, 0.1) is 12.8 Å². The molecule has 0 fully saturated rings. The Kier molecular flexibility index (Phi) is 6.45. The van der Waals surface area contributed by atoms with Crippen molar-refractivity contribution in [1.29, 1.82) is 5.26 Å². The molecule has 0 radical (unpaired) electrons. The molecule has 0 saturated carbocycles. The van der Waals surface area contributed by atoms with E-state index in [1.165, 1.54) is 17.3 Å². The molecule has 0 aliphatic carbocycles. The van der Waals surface area contributed by atoms with Gasteiger partial charge in [-0.1, -0.05) is 29.5 Å². The molecule has 0 aliphatic heterocycles. The summed E-state index contributed by atoms with van der Waals surface area (Å²) in [5.41, 5.74) is 2.89. The van der Waals surface area contributed by atoms with Crippen LogP contribution in [-0.4, -0.2) is 23.3 Å². The highest BCUT2D eigenvalue weighted by atomic mass is 32.2. The van der Waals surface area contributed by atoms with E-state index >= 15 is 0 Å². The minimum Gasteiger partial charge on any atom is -0.496 e. The molecule has 3 aromatic rings. The summed E-state index contributed by atoms with van der Waals surface area (Å²) in [4.78, 5) is 20.4. The molecule has 3 rings (SSSR count). The highest BCUT2D eigenvalue weighted by Crippen LogP contribution is 2.32. The normalized spacial score (nSPS) is 10.5. The van der Waals surface area contributed by atoms with Gasteiger partial charge in [-0.3, -0.25) is 4.79 Å². The molecule has 0 spiro atoms. The second-order valence-electron chi connectivity index (χ2n) is 6.04. The molecule has 0 bridgehead atoms. The number of nitrogens with zero attached hydrogens (tertiary/aromatic N) is 2. The predicted octanol–water partition coefficient (Wildman–Crippen LogP) is 4.64. The Hall–Kier alpha value is -2.69. The van der Waals surface area contributed by atoms with Gasteiger partial charge in [-0.25, -0.2) is 4.98 Å². The Labute approximate surface area is 172 Å². The lowest BCUT2D eigenvalue weighted by Gasteiger charge is -2.12. The first kappa shape index (κ1) is 20.1. The number of aromatic amines is 1. The number of hydrogen-bond acceptors (Lipinski definition) is 6. The number of nitriles is 1. The zero-order chi connectivity index (χ0) is 20.1. The number of benzene rings is 2. The van der Waals surface area contributed by atoms with E-state index in [0.29, 0.717) is 16.6 Å². The molecule has 142 valence electrons. The molecule has 7 heteroatoms. The number of H-pyrrole nitrogens is 1. The van der Waals surface area contributed by atoms with Crippen LogP contribution in [0, 0.1) is 18.3 Å². The Morgan fingerprint density at radius 2 is 1.96 bits per heavy atom. The van der Waals surface area contributed by atoms with Gasteiger partial charge in [-0.05, 0) is 43.5 Å². The number of thioether (sulfide) groups is 2. The van der Waals surface area contributed by atoms with Gasteiger partial charge in [0.2, 0.25) is 0 Å². The summed E-state index contributed by atoms with van der Waals surface area (Å²) in [6.45, 7) is 2.06. The number of aryl methyl sites for hydroxylation is 1. The molecule has 5 nitrogen and oxygen atoms in total. The molecule has 2 aromatic carbocycles. The van der Waals surface area contributed by atoms with E-state index in [4.69, 9.17) is 4.74 Å². The first-order chi connectivity index (χ1) is 13.5. The van der Waals surface area contributed by atoms with Crippen LogP contribution >= 0.6 is 23.5 Å². The van der Waals surface area contributed by atoms with Gasteiger partial charge in [-0.15, -0.1) is 11.8 Å². The summed E-state index contributed by atoms with van der Waals surface area (Å²) in [5.74, 6) is 1.46. The SMILES string of the molecule is COc1ccc(-c2nc(SC)[nH]c(=O)c2C#N)cc1CSc1ccc(C)cc1. The highest BCUT2D eigenvalue weighted by Gasteiger charge is 2.15. The molecule has 0 amide bonds. The van der Waals surface area contributed by atoms with Crippen LogP contribution < -0.4 is 10.3 Å². The maximum atomic E-state index is 12.2. The topological polar surface area (TPSA) is 78.8 Å². The second-order valence-corrected chi connectivity index (χ2v) is 7.88. The van der Waals surface area contributed by atoms with Crippen LogP contribution in [-0.2, 0) is 5.75 Å². The molecule has 0 unspecified atom stereocenters. The fourth-order valence-corrected chi connectivity index (χ4v) is 3.95. The maximum absolute atomic E-state index is 12.2. The molecule has 0 aliphatic rings. The number of aromatic nitrogens is 2. The summed E-state index contributed by atoms with van der Waals surface area (Å²) in [7, 11) is 1.63. The summed E-state index contributed by atoms with van der Waals surface area (Å²) in [6, 6.07) is 15.9. The van der Waals surface area contributed by atoms with Crippen molar-refractivity contribution in [1.82, 2.24) is 9.97 Å². The number of nitrogens with one attached hydrogen (secondary N) is 1. The molecular formula is C21H19N3O2S2. The van der Waals surface area contributed by atoms with Gasteiger partial charge in [0.15, 0.2) is 5.16 Å². The van der Waals surface area contributed by atoms with Crippen LogP contribution in [0.1, 0.15) is 16.7 Å². The first-order valence-electron chi connectivity index (χ1n) is 8.51. The monoisotopic (exact) mass is 409 g/mol. The van der Waals surface area contributed by atoms with E-state index in [-0.39, 0.29) is 5.56 Å². The lowest BCUT2D eigenvalue weighted by molar-refractivity contribution is 0.411. The van der Waals surface area contributed by atoms with Crippen molar-refractivity contribution in [3.05, 3.63) is 69.5 Å². The molecular weight excluding hydrogens is 390 g/mol. The average molecular weight is 410 g/mol. The molecule has 1 aromatic heterocycles. The molecule has 0 atom stereocenters. The number of ether oxygens (including phenoxy) is 1. The van der Waals surface area contributed by atoms with Gasteiger partial charge < -0.3 is 9.72 Å². The van der Waals surface area contributed by atoms with E-state index in [2.05, 4.69) is 41.2 Å². The van der Waals surface area contributed by atoms with Gasteiger partial charge in [0.1, 0.15) is 17.4 Å². The average Bonchev–Trinajstić information content (AvgIpc) is 2.72. The van der Waals surface area contributed by atoms with E-state index in [1.54, 1.807) is 18.9 Å². The molecule has 1 heterocycles. The first-order valence-corrected chi connectivity index (χ1v) is 10.7. The lowest BCUT2D eigenvalue weighted by Crippen LogP contribution is -2.14. The van der Waals surface area contributed by atoms with Crippen LogP contribution in [0.2, 0.25) is 0 Å². The molecule has 1 N–H and O–H groups in total. The van der Waals surface area contributed by atoms with Crippen molar-refractivity contribution in [2.45, 2.75) is 22.7 Å². The van der Waals surface area contributed by atoms with Gasteiger partial charge in [0, 0.05) is 21.8 Å². The maximum Gasteiger partial charge on any atom is 0.270 e. The second kappa shape index (κ2) is 9.00. The molecule has 28 heavy (non-hydrogen) atoms. The van der Waals surface area contributed by atoms with Crippen LogP contribution in [0.15, 0.2) is 57.3 Å². The fraction of sp³-hybridized carbons (Fsp3) is 0.190. The smallest absolute Gasteiger partial charge is 0.270 e. The van der Waals surface area contributed by atoms with Crippen molar-refractivity contribution in [3.8, 4) is 23.1 Å². The van der Waals surface area contributed by atoms with Crippen LogP contribution in [0.4, 0.5) is 0 Å². The summed E-state index contributed by atoms with van der Waals surface area (Å²) < 4.78 is 5.50. The minimum atomic E-state index is -0.428. The molecule has 0 saturated heterocycles. The summed E-state index contributed by atoms with van der Waals surface area (Å²) in [5, 5.41) is 9.90. The largest absolute Gasteiger partial charge is 0.496 e. The van der Waals surface area contributed by atoms with Crippen molar-refractivity contribution >= 4 is 23.5 Å². The Balaban J connectivity index is 1.99. The summed E-state index contributed by atoms with van der Waals surface area (Å²) in [6.07, 6.45) is 1.83. The quantitative estimate of drug-likeness (QED) is 0.472.